The number of hydrogen-bond donors (Lipinski definition) is 1. The first kappa shape index (κ1) is 12.0. The van der Waals surface area contributed by atoms with Gasteiger partial charge in [0.15, 0.2) is 17.1 Å². The van der Waals surface area contributed by atoms with Gasteiger partial charge in [0.1, 0.15) is 12.1 Å². The number of anilines is 2. The Morgan fingerprint density at radius 2 is 2.05 bits per heavy atom. The third kappa shape index (κ3) is 1.85. The van der Waals surface area contributed by atoms with Crippen LogP contribution in [0.25, 0.3) is 11.0 Å². The van der Waals surface area contributed by atoms with Crippen LogP contribution in [-0.4, -0.2) is 26.5 Å². The highest BCUT2D eigenvalue weighted by molar-refractivity contribution is 5.91. The fourth-order valence-corrected chi connectivity index (χ4v) is 2.48. The van der Waals surface area contributed by atoms with Crippen LogP contribution in [0.2, 0.25) is 0 Å². The largest absolute Gasteiger partial charge is 0.454 e. The molecule has 0 saturated heterocycles. The molecular weight excluding hydrogens is 270 g/mol. The minimum Gasteiger partial charge on any atom is -0.454 e. The van der Waals surface area contributed by atoms with E-state index in [1.807, 2.05) is 32.2 Å². The van der Waals surface area contributed by atoms with Gasteiger partial charge in [-0.1, -0.05) is 0 Å². The molecule has 4 rings (SSSR count). The van der Waals surface area contributed by atoms with E-state index in [9.17, 15) is 0 Å². The van der Waals surface area contributed by atoms with E-state index >= 15 is 0 Å². The maximum absolute atomic E-state index is 5.38. The molecule has 1 aliphatic rings. The number of aryl methyl sites for hydroxylation is 2. The zero-order valence-corrected chi connectivity index (χ0v) is 11.6. The Labute approximate surface area is 120 Å². The van der Waals surface area contributed by atoms with E-state index in [0.29, 0.717) is 0 Å². The van der Waals surface area contributed by atoms with Gasteiger partial charge < -0.3 is 14.8 Å². The fourth-order valence-electron chi connectivity index (χ4n) is 2.48. The van der Waals surface area contributed by atoms with E-state index in [-0.39, 0.29) is 6.79 Å². The minimum absolute atomic E-state index is 0.262. The molecule has 21 heavy (non-hydrogen) atoms. The summed E-state index contributed by atoms with van der Waals surface area (Å²) in [5.74, 6) is 2.21. The highest BCUT2D eigenvalue weighted by Gasteiger charge is 2.15. The predicted octanol–water partition coefficient (Wildman–Crippen LogP) is 2.14. The molecule has 0 amide bonds. The average molecular weight is 283 g/mol. The summed E-state index contributed by atoms with van der Waals surface area (Å²) in [4.78, 5) is 8.59. The molecule has 0 fully saturated rings. The Kier molecular flexibility index (Phi) is 2.47. The number of ether oxygens (including phenoxy) is 2. The first-order chi connectivity index (χ1) is 10.2. The van der Waals surface area contributed by atoms with Gasteiger partial charge >= 0.3 is 0 Å². The maximum atomic E-state index is 5.38. The molecule has 0 bridgehead atoms. The van der Waals surface area contributed by atoms with E-state index in [0.717, 1.165) is 39.7 Å². The normalized spacial score (nSPS) is 12.9. The van der Waals surface area contributed by atoms with Crippen molar-refractivity contribution in [3.05, 3.63) is 30.2 Å². The summed E-state index contributed by atoms with van der Waals surface area (Å²) in [6.45, 7) is 2.20. The summed E-state index contributed by atoms with van der Waals surface area (Å²) < 4.78 is 12.4. The molecule has 3 aromatic rings. The molecule has 0 atom stereocenters. The Balaban J connectivity index is 1.78. The molecule has 1 N–H and O–H groups in total. The first-order valence-electron chi connectivity index (χ1n) is 6.53. The second kappa shape index (κ2) is 4.34. The number of fused-ring (bicyclic) bond motifs is 2. The van der Waals surface area contributed by atoms with Crippen LogP contribution in [-0.2, 0) is 7.05 Å². The van der Waals surface area contributed by atoms with Crippen molar-refractivity contribution >= 4 is 22.5 Å². The molecule has 0 spiro atoms. The van der Waals surface area contributed by atoms with Crippen molar-refractivity contribution in [3.8, 4) is 11.5 Å². The van der Waals surface area contributed by atoms with E-state index in [2.05, 4.69) is 20.4 Å². The fraction of sp³-hybridized carbons (Fsp3) is 0.214. The molecular formula is C14H13N5O2. The lowest BCUT2D eigenvalue weighted by Gasteiger charge is -2.07. The molecule has 3 heterocycles. The van der Waals surface area contributed by atoms with E-state index in [1.165, 1.54) is 6.33 Å². The van der Waals surface area contributed by atoms with Crippen molar-refractivity contribution in [3.63, 3.8) is 0 Å². The summed E-state index contributed by atoms with van der Waals surface area (Å²) >= 11 is 0. The zero-order chi connectivity index (χ0) is 14.4. The Morgan fingerprint density at radius 1 is 1.19 bits per heavy atom. The van der Waals surface area contributed by atoms with Crippen molar-refractivity contribution in [2.75, 3.05) is 12.1 Å². The molecule has 0 unspecified atom stereocenters. The lowest BCUT2D eigenvalue weighted by atomic mass is 10.2. The van der Waals surface area contributed by atoms with Crippen LogP contribution < -0.4 is 14.8 Å². The standard InChI is InChI=1S/C14H13N5O2/c1-8-12-13(15-6-16-14(12)19(2)18-8)17-9-3-4-10-11(5-9)21-7-20-10/h3-6H,7H2,1-2H3,(H,15,16,17). The number of nitrogens with one attached hydrogen (secondary N) is 1. The highest BCUT2D eigenvalue weighted by Crippen LogP contribution is 2.35. The number of rotatable bonds is 2. The summed E-state index contributed by atoms with van der Waals surface area (Å²) in [5.41, 5.74) is 2.56. The van der Waals surface area contributed by atoms with E-state index in [4.69, 9.17) is 9.47 Å². The monoisotopic (exact) mass is 283 g/mol. The number of aromatic nitrogens is 4. The van der Waals surface area contributed by atoms with E-state index < -0.39 is 0 Å². The lowest BCUT2D eigenvalue weighted by molar-refractivity contribution is 0.174. The van der Waals surface area contributed by atoms with Crippen LogP contribution in [0.5, 0.6) is 11.5 Å². The van der Waals surface area contributed by atoms with Gasteiger partial charge in [0.25, 0.3) is 0 Å². The van der Waals surface area contributed by atoms with Crippen LogP contribution in [0.4, 0.5) is 11.5 Å². The van der Waals surface area contributed by atoms with Gasteiger partial charge in [-0.25, -0.2) is 9.97 Å². The smallest absolute Gasteiger partial charge is 0.231 e. The Hall–Kier alpha value is -2.83. The molecule has 0 aliphatic carbocycles. The summed E-state index contributed by atoms with van der Waals surface area (Å²) in [5, 5.41) is 8.59. The van der Waals surface area contributed by atoms with Gasteiger partial charge in [0.05, 0.1) is 11.1 Å². The topological polar surface area (TPSA) is 74.1 Å². The van der Waals surface area contributed by atoms with Crippen molar-refractivity contribution in [1.29, 1.82) is 0 Å². The average Bonchev–Trinajstić information content (AvgIpc) is 3.04. The molecule has 2 aromatic heterocycles. The molecule has 0 saturated carbocycles. The van der Waals surface area contributed by atoms with Gasteiger partial charge in [-0.2, -0.15) is 5.10 Å². The molecule has 7 heteroatoms. The third-order valence-corrected chi connectivity index (χ3v) is 3.43. The minimum atomic E-state index is 0.262. The number of nitrogens with zero attached hydrogens (tertiary/aromatic N) is 4. The molecule has 1 aromatic carbocycles. The second-order valence-electron chi connectivity index (χ2n) is 4.82. The number of hydrogen-bond acceptors (Lipinski definition) is 6. The van der Waals surface area contributed by atoms with Crippen molar-refractivity contribution in [1.82, 2.24) is 19.7 Å². The van der Waals surface area contributed by atoms with Gasteiger partial charge in [-0.3, -0.25) is 4.68 Å². The van der Waals surface area contributed by atoms with Crippen LogP contribution in [0.15, 0.2) is 24.5 Å². The summed E-state index contributed by atoms with van der Waals surface area (Å²) in [6, 6.07) is 5.69. The lowest BCUT2D eigenvalue weighted by Crippen LogP contribution is -1.97. The van der Waals surface area contributed by atoms with Gasteiger partial charge in [-0.05, 0) is 19.1 Å². The van der Waals surface area contributed by atoms with Crippen LogP contribution in [0.1, 0.15) is 5.69 Å². The highest BCUT2D eigenvalue weighted by atomic mass is 16.7. The third-order valence-electron chi connectivity index (χ3n) is 3.43. The quantitative estimate of drug-likeness (QED) is 0.776. The molecule has 106 valence electrons. The molecule has 0 radical (unpaired) electrons. The zero-order valence-electron chi connectivity index (χ0n) is 11.6. The Morgan fingerprint density at radius 3 is 2.95 bits per heavy atom. The van der Waals surface area contributed by atoms with Gasteiger partial charge in [-0.15, -0.1) is 0 Å². The Bertz CT molecular complexity index is 843. The van der Waals surface area contributed by atoms with Crippen molar-refractivity contribution < 1.29 is 9.47 Å². The maximum Gasteiger partial charge on any atom is 0.231 e. The van der Waals surface area contributed by atoms with Gasteiger partial charge in [0, 0.05) is 18.8 Å². The predicted molar refractivity (Wildman–Crippen MR) is 76.9 cm³/mol. The van der Waals surface area contributed by atoms with Crippen molar-refractivity contribution in [2.45, 2.75) is 6.92 Å². The summed E-state index contributed by atoms with van der Waals surface area (Å²) in [7, 11) is 1.87. The van der Waals surface area contributed by atoms with Crippen LogP contribution in [0.3, 0.4) is 0 Å². The molecule has 7 nitrogen and oxygen atoms in total. The molecule has 1 aliphatic heterocycles. The van der Waals surface area contributed by atoms with Crippen LogP contribution in [0, 0.1) is 6.92 Å². The number of benzene rings is 1. The first-order valence-corrected chi connectivity index (χ1v) is 6.53. The van der Waals surface area contributed by atoms with E-state index in [1.54, 1.807) is 4.68 Å². The second-order valence-corrected chi connectivity index (χ2v) is 4.82. The van der Waals surface area contributed by atoms with Crippen LogP contribution >= 0.6 is 0 Å². The van der Waals surface area contributed by atoms with Gasteiger partial charge in [0.2, 0.25) is 6.79 Å². The van der Waals surface area contributed by atoms with Crippen molar-refractivity contribution in [2.24, 2.45) is 7.05 Å². The SMILES string of the molecule is Cc1nn(C)c2ncnc(Nc3ccc4c(c3)OCO4)c12. The summed E-state index contributed by atoms with van der Waals surface area (Å²) in [6.07, 6.45) is 1.53.